The third-order valence-electron chi connectivity index (χ3n) is 4.01. The van der Waals surface area contributed by atoms with Crippen LogP contribution in [0, 0.1) is 0 Å². The number of imidazole rings is 1. The zero-order chi connectivity index (χ0) is 19.8. The number of carbonyl (C=O) groups is 1. The summed E-state index contributed by atoms with van der Waals surface area (Å²) in [7, 11) is 1.61. The molecule has 8 nitrogen and oxygen atoms in total. The molecule has 28 heavy (non-hydrogen) atoms. The number of aliphatic hydroxyl groups is 1. The lowest BCUT2D eigenvalue weighted by Gasteiger charge is -2.13. The average Bonchev–Trinajstić information content (AvgIpc) is 3.27. The van der Waals surface area contributed by atoms with E-state index in [0.717, 1.165) is 11.3 Å². The summed E-state index contributed by atoms with van der Waals surface area (Å²) in [6.07, 6.45) is 5.73. The Morgan fingerprint density at radius 1 is 1.25 bits per heavy atom. The van der Waals surface area contributed by atoms with E-state index in [0.29, 0.717) is 18.0 Å². The molecule has 0 bridgehead atoms. The third-order valence-corrected chi connectivity index (χ3v) is 4.01. The summed E-state index contributed by atoms with van der Waals surface area (Å²) in [5, 5.41) is 12.7. The summed E-state index contributed by atoms with van der Waals surface area (Å²) in [6.45, 7) is 0.570. The normalized spacial score (nSPS) is 11.8. The average molecular weight is 382 g/mol. The molecule has 0 fully saturated rings. The van der Waals surface area contributed by atoms with Gasteiger partial charge in [0.2, 0.25) is 0 Å². The van der Waals surface area contributed by atoms with Crippen molar-refractivity contribution in [1.82, 2.24) is 19.9 Å². The molecule has 0 saturated carbocycles. The molecule has 2 heterocycles. The minimum atomic E-state index is -0.808. The lowest BCUT2D eigenvalue weighted by molar-refractivity contribution is 0.0285. The van der Waals surface area contributed by atoms with Crippen LogP contribution < -0.4 is 10.1 Å². The van der Waals surface area contributed by atoms with Gasteiger partial charge in [-0.1, -0.05) is 12.1 Å². The van der Waals surface area contributed by atoms with Crippen LogP contribution in [0.5, 0.6) is 5.75 Å². The summed E-state index contributed by atoms with van der Waals surface area (Å²) in [5.41, 5.74) is 1.42. The van der Waals surface area contributed by atoms with E-state index in [1.165, 1.54) is 0 Å². The molecule has 0 spiro atoms. The lowest BCUT2D eigenvalue weighted by atomic mass is 10.2. The van der Waals surface area contributed by atoms with Crippen LogP contribution in [-0.2, 0) is 11.3 Å². The second-order valence-electron chi connectivity index (χ2n) is 6.10. The number of ether oxygens (including phenoxy) is 2. The Labute approximate surface area is 162 Å². The minimum absolute atomic E-state index is 0.0875. The first-order valence-electron chi connectivity index (χ1n) is 8.77. The molecule has 146 valence electrons. The quantitative estimate of drug-likeness (QED) is 0.583. The molecule has 2 N–H and O–H groups in total. The predicted octanol–water partition coefficient (Wildman–Crippen LogP) is 1.58. The van der Waals surface area contributed by atoms with Gasteiger partial charge in [0.05, 0.1) is 26.4 Å². The molecular weight excluding hydrogens is 360 g/mol. The number of nitrogens with one attached hydrogen (secondary N) is 1. The van der Waals surface area contributed by atoms with E-state index in [2.05, 4.69) is 15.3 Å². The van der Waals surface area contributed by atoms with Crippen molar-refractivity contribution < 1.29 is 19.4 Å². The molecule has 0 radical (unpaired) electrons. The van der Waals surface area contributed by atoms with Gasteiger partial charge in [-0.05, 0) is 29.8 Å². The number of aliphatic hydroxyl groups excluding tert-OH is 1. The van der Waals surface area contributed by atoms with Crippen molar-refractivity contribution in [1.29, 1.82) is 0 Å². The van der Waals surface area contributed by atoms with Crippen LogP contribution in [0.4, 0.5) is 0 Å². The maximum absolute atomic E-state index is 12.3. The number of hydrogen-bond donors (Lipinski definition) is 2. The Bertz CT molecular complexity index is 881. The Kier molecular flexibility index (Phi) is 6.72. The Morgan fingerprint density at radius 2 is 2.07 bits per heavy atom. The van der Waals surface area contributed by atoms with Crippen LogP contribution in [0.2, 0.25) is 0 Å². The lowest BCUT2D eigenvalue weighted by Crippen LogP contribution is -2.34. The molecule has 2 aromatic heterocycles. The highest BCUT2D eigenvalue weighted by molar-refractivity contribution is 5.94. The van der Waals surface area contributed by atoms with Crippen molar-refractivity contribution in [2.45, 2.75) is 12.7 Å². The first kappa shape index (κ1) is 19.5. The fourth-order valence-corrected chi connectivity index (χ4v) is 2.50. The second-order valence-corrected chi connectivity index (χ2v) is 6.10. The molecule has 1 atom stereocenters. The summed E-state index contributed by atoms with van der Waals surface area (Å²) in [6, 6.07) is 10.8. The smallest absolute Gasteiger partial charge is 0.251 e. The first-order chi connectivity index (χ1) is 13.7. The Morgan fingerprint density at radius 3 is 2.79 bits per heavy atom. The molecule has 3 aromatic rings. The van der Waals surface area contributed by atoms with Crippen molar-refractivity contribution in [3.63, 3.8) is 0 Å². The van der Waals surface area contributed by atoms with Crippen LogP contribution >= 0.6 is 0 Å². The van der Waals surface area contributed by atoms with Crippen LogP contribution in [0.15, 0.2) is 61.3 Å². The van der Waals surface area contributed by atoms with Crippen molar-refractivity contribution in [3.05, 3.63) is 72.4 Å². The second kappa shape index (κ2) is 9.63. The van der Waals surface area contributed by atoms with Crippen LogP contribution in [0.25, 0.3) is 5.82 Å². The molecule has 3 rings (SSSR count). The minimum Gasteiger partial charge on any atom is -0.497 e. The van der Waals surface area contributed by atoms with Gasteiger partial charge in [0.15, 0.2) is 0 Å². The first-order valence-corrected chi connectivity index (χ1v) is 8.77. The van der Waals surface area contributed by atoms with Gasteiger partial charge in [-0.2, -0.15) is 0 Å². The largest absolute Gasteiger partial charge is 0.497 e. The molecule has 0 aliphatic rings. The summed E-state index contributed by atoms with van der Waals surface area (Å²) in [4.78, 5) is 20.5. The van der Waals surface area contributed by atoms with Crippen LogP contribution in [0.3, 0.4) is 0 Å². The maximum atomic E-state index is 12.3. The SMILES string of the molecule is COc1ccc(COCC(O)CNC(=O)c2ccnc(-n3ccnc3)c2)cc1. The number of nitrogens with zero attached hydrogens (tertiary/aromatic N) is 3. The van der Waals surface area contributed by atoms with Gasteiger partial charge in [0.1, 0.15) is 17.9 Å². The van der Waals surface area contributed by atoms with Crippen molar-refractivity contribution in [3.8, 4) is 11.6 Å². The zero-order valence-corrected chi connectivity index (χ0v) is 15.5. The number of carbonyl (C=O) groups excluding carboxylic acids is 1. The fourth-order valence-electron chi connectivity index (χ4n) is 2.50. The number of benzene rings is 1. The molecule has 8 heteroatoms. The maximum Gasteiger partial charge on any atom is 0.251 e. The van der Waals surface area contributed by atoms with Gasteiger partial charge in [-0.25, -0.2) is 9.97 Å². The number of methoxy groups -OCH3 is 1. The molecule has 1 unspecified atom stereocenters. The zero-order valence-electron chi connectivity index (χ0n) is 15.5. The molecule has 0 saturated heterocycles. The van der Waals surface area contributed by atoms with Gasteiger partial charge in [-0.15, -0.1) is 0 Å². The van der Waals surface area contributed by atoms with E-state index in [4.69, 9.17) is 9.47 Å². The molecule has 1 aromatic carbocycles. The molecule has 0 aliphatic carbocycles. The number of amides is 1. The van der Waals surface area contributed by atoms with Crippen molar-refractivity contribution in [2.75, 3.05) is 20.3 Å². The van der Waals surface area contributed by atoms with E-state index in [1.54, 1.807) is 48.7 Å². The van der Waals surface area contributed by atoms with Crippen LogP contribution in [-0.4, -0.2) is 51.9 Å². The van der Waals surface area contributed by atoms with Crippen LogP contribution in [0.1, 0.15) is 15.9 Å². The summed E-state index contributed by atoms with van der Waals surface area (Å²) in [5.74, 6) is 1.07. The van der Waals surface area contributed by atoms with Gasteiger partial charge in [0.25, 0.3) is 5.91 Å². The van der Waals surface area contributed by atoms with E-state index < -0.39 is 6.10 Å². The fraction of sp³-hybridized carbons (Fsp3) is 0.250. The number of hydrogen-bond acceptors (Lipinski definition) is 6. The van der Waals surface area contributed by atoms with Gasteiger partial charge < -0.3 is 19.9 Å². The number of pyridine rings is 1. The van der Waals surface area contributed by atoms with Gasteiger partial charge >= 0.3 is 0 Å². The summed E-state index contributed by atoms with van der Waals surface area (Å²) < 4.78 is 12.3. The molecule has 0 aliphatic heterocycles. The highest BCUT2D eigenvalue weighted by Gasteiger charge is 2.11. The van der Waals surface area contributed by atoms with E-state index in [-0.39, 0.29) is 19.1 Å². The standard InChI is InChI=1S/C20H22N4O4/c1-27-18-4-2-15(3-5-18)12-28-13-17(25)11-23-20(26)16-6-7-22-19(10-16)24-9-8-21-14-24/h2-10,14,17,25H,11-13H2,1H3,(H,23,26). The number of aromatic nitrogens is 3. The highest BCUT2D eigenvalue weighted by Crippen LogP contribution is 2.12. The Balaban J connectivity index is 1.43. The van der Waals surface area contributed by atoms with E-state index in [9.17, 15) is 9.90 Å². The van der Waals surface area contributed by atoms with E-state index in [1.807, 2.05) is 24.3 Å². The Hall–Kier alpha value is -3.23. The predicted molar refractivity (Wildman–Crippen MR) is 102 cm³/mol. The molecular formula is C20H22N4O4. The van der Waals surface area contributed by atoms with Gasteiger partial charge in [0, 0.05) is 30.7 Å². The monoisotopic (exact) mass is 382 g/mol. The van der Waals surface area contributed by atoms with Crippen molar-refractivity contribution >= 4 is 5.91 Å². The number of rotatable bonds is 9. The highest BCUT2D eigenvalue weighted by atomic mass is 16.5. The van der Waals surface area contributed by atoms with E-state index >= 15 is 0 Å². The van der Waals surface area contributed by atoms with Gasteiger partial charge in [-0.3, -0.25) is 9.36 Å². The topological polar surface area (TPSA) is 98.5 Å². The van der Waals surface area contributed by atoms with Crippen molar-refractivity contribution in [2.24, 2.45) is 0 Å². The summed E-state index contributed by atoms with van der Waals surface area (Å²) >= 11 is 0. The molecule has 1 amide bonds. The third kappa shape index (κ3) is 5.38.